The number of ether oxygens (including phenoxy) is 6. The molecule has 109 heavy (non-hydrogen) atoms. The van der Waals surface area contributed by atoms with Crippen LogP contribution < -0.4 is 5.32 Å². The molecule has 12 N–H and O–H groups in total. The second-order valence-electron chi connectivity index (χ2n) is 30.6. The van der Waals surface area contributed by atoms with Crippen LogP contribution in [-0.2, 0) is 33.2 Å². The zero-order valence-electron chi connectivity index (χ0n) is 67.8. The van der Waals surface area contributed by atoms with E-state index in [0.717, 1.165) is 116 Å². The molecule has 17 unspecified atom stereocenters. The van der Waals surface area contributed by atoms with Gasteiger partial charge in [-0.25, -0.2) is 0 Å². The zero-order chi connectivity index (χ0) is 78.8. The quantitative estimate of drug-likeness (QED) is 0.0199. The average molecular weight is 1540 g/mol. The largest absolute Gasteiger partial charge is 0.394 e. The lowest BCUT2D eigenvalue weighted by molar-refractivity contribution is -0.379. The van der Waals surface area contributed by atoms with E-state index in [2.05, 4.69) is 116 Å². The predicted molar refractivity (Wildman–Crippen MR) is 438 cm³/mol. The Hall–Kier alpha value is -3.55. The Morgan fingerprint density at radius 1 is 0.339 bits per heavy atom. The summed E-state index contributed by atoms with van der Waals surface area (Å²) in [6.07, 6.45) is 69.3. The van der Waals surface area contributed by atoms with Crippen LogP contribution in [0.4, 0.5) is 0 Å². The molecule has 19 heteroatoms. The number of aliphatic hydroxyl groups is 11. The van der Waals surface area contributed by atoms with Crippen molar-refractivity contribution < 1.29 is 89.4 Å². The Morgan fingerprint density at radius 3 is 0.991 bits per heavy atom. The van der Waals surface area contributed by atoms with Crippen LogP contribution in [0.25, 0.3) is 0 Å². The van der Waals surface area contributed by atoms with Gasteiger partial charge in [0.05, 0.1) is 38.6 Å². The van der Waals surface area contributed by atoms with Crippen LogP contribution in [0.5, 0.6) is 0 Å². The summed E-state index contributed by atoms with van der Waals surface area (Å²) in [7, 11) is 0. The van der Waals surface area contributed by atoms with Crippen LogP contribution in [0, 0.1) is 0 Å². The maximum absolute atomic E-state index is 13.5. The number of amides is 1. The van der Waals surface area contributed by atoms with Crippen LogP contribution in [0.2, 0.25) is 0 Å². The number of carbonyl (C=O) groups excluding carboxylic acids is 1. The Kier molecular flexibility index (Phi) is 62.9. The number of unbranched alkanes of at least 4 members (excludes halogenated alkanes) is 37. The summed E-state index contributed by atoms with van der Waals surface area (Å²) in [4.78, 5) is 13.5. The van der Waals surface area contributed by atoms with Crippen molar-refractivity contribution in [3.63, 3.8) is 0 Å². The summed E-state index contributed by atoms with van der Waals surface area (Å²) in [6, 6.07) is -0.988. The van der Waals surface area contributed by atoms with Crippen molar-refractivity contribution in [1.82, 2.24) is 5.32 Å². The molecule has 0 spiro atoms. The fourth-order valence-electron chi connectivity index (χ4n) is 14.2. The highest BCUT2D eigenvalue weighted by Crippen LogP contribution is 2.33. The molecule has 0 bridgehead atoms. The van der Waals surface area contributed by atoms with Gasteiger partial charge in [-0.05, 0) is 83.5 Å². The number of rotatable bonds is 69. The topological polar surface area (TPSA) is 307 Å². The molecule has 0 aromatic rings. The van der Waals surface area contributed by atoms with Crippen LogP contribution >= 0.6 is 0 Å². The number of aliphatic hydroxyl groups excluding tert-OH is 11. The van der Waals surface area contributed by atoms with Gasteiger partial charge >= 0.3 is 0 Å². The van der Waals surface area contributed by atoms with E-state index in [1.807, 2.05) is 6.08 Å². The lowest BCUT2D eigenvalue weighted by Gasteiger charge is -2.48. The Morgan fingerprint density at radius 2 is 0.633 bits per heavy atom. The lowest BCUT2D eigenvalue weighted by Crippen LogP contribution is -2.66. The molecule has 1 amide bonds. The Bertz CT molecular complexity index is 2390. The summed E-state index contributed by atoms with van der Waals surface area (Å²) in [5.41, 5.74) is 0. The third-order valence-electron chi connectivity index (χ3n) is 21.1. The molecule has 3 rings (SSSR count). The number of allylic oxidation sites excluding steroid dienone is 17. The number of carbonyl (C=O) groups is 1. The molecule has 19 nitrogen and oxygen atoms in total. The Labute approximate surface area is 659 Å². The maximum Gasteiger partial charge on any atom is 0.220 e. The summed E-state index contributed by atoms with van der Waals surface area (Å²) in [5, 5.41) is 121. The van der Waals surface area contributed by atoms with Crippen molar-refractivity contribution in [2.24, 2.45) is 0 Å². The standard InChI is InChI=1S/C90H157NO18/c1-3-5-7-9-11-13-15-17-19-21-23-25-27-29-31-33-35-36-38-40-42-44-46-48-50-52-54-56-58-60-62-64-66-68-78(96)91-73(74(95)67-65-63-61-59-57-55-53-51-49-47-45-43-41-39-37-34-32-30-28-26-24-22-20-18-16-14-12-10-8-6-4-2)72-104-88-84(102)81(99)86(76(70-93)106-88)109-90-85(103)82(100)87(77(71-94)107-90)108-89-83(101)80(98)79(97)75(69-92)105-89/h5,7,11,13,17,19,23,25,29,31,35-36,40,42,46,48,65,67,73-77,79-90,92-95,97-103H,3-4,6,8-10,12,14-16,18,20-22,24,26-28,30,32-34,37-39,41,43-45,47,49-64,66,68-72H2,1-2H3,(H,91,96)/b7-5-,13-11-,19-17-,25-23-,31-29-,36-35-,42-40-,48-46-,67-65+. The highest BCUT2D eigenvalue weighted by molar-refractivity contribution is 5.76. The molecule has 3 heterocycles. The van der Waals surface area contributed by atoms with Gasteiger partial charge in [0.25, 0.3) is 0 Å². The van der Waals surface area contributed by atoms with Gasteiger partial charge in [-0.1, -0.05) is 342 Å². The molecule has 3 fully saturated rings. The van der Waals surface area contributed by atoms with E-state index in [0.29, 0.717) is 6.42 Å². The van der Waals surface area contributed by atoms with Crippen LogP contribution in [0.15, 0.2) is 109 Å². The third kappa shape index (κ3) is 47.8. The first-order valence-electron chi connectivity index (χ1n) is 43.6. The SMILES string of the molecule is CC/C=C\C/C=C\C/C=C\C/C=C\C/C=C\C/C=C\C/C=C\C/C=C\CCCCCCCCCCC(=O)NC(COC1OC(CO)C(OC2OC(CO)C(OC3OC(CO)C(O)C(O)C3O)C(O)C2O)C(O)C1O)C(O)/C=C/CCCCCCCCCCCCCCCCCCCCCCCCCCCCCCC. The van der Waals surface area contributed by atoms with Crippen molar-refractivity contribution in [1.29, 1.82) is 0 Å². The monoisotopic (exact) mass is 1540 g/mol. The third-order valence-corrected chi connectivity index (χ3v) is 21.1. The summed E-state index contributed by atoms with van der Waals surface area (Å²) in [5.74, 6) is -0.285. The van der Waals surface area contributed by atoms with E-state index in [1.165, 1.54) is 180 Å². The molecule has 3 aliphatic rings. The van der Waals surface area contributed by atoms with Crippen molar-refractivity contribution in [3.8, 4) is 0 Å². The zero-order valence-corrected chi connectivity index (χ0v) is 67.8. The summed E-state index contributed by atoms with van der Waals surface area (Å²) in [6.45, 7) is 1.65. The van der Waals surface area contributed by atoms with Gasteiger partial charge in [0, 0.05) is 6.42 Å². The molecular weight excluding hydrogens is 1380 g/mol. The first-order chi connectivity index (χ1) is 53.3. The number of nitrogens with one attached hydrogen (secondary N) is 1. The normalized spacial score (nSPS) is 25.8. The minimum atomic E-state index is -1.99. The van der Waals surface area contributed by atoms with E-state index in [-0.39, 0.29) is 18.9 Å². The van der Waals surface area contributed by atoms with Gasteiger partial charge < -0.3 is 89.9 Å². The van der Waals surface area contributed by atoms with E-state index in [1.54, 1.807) is 6.08 Å². The molecule has 3 saturated heterocycles. The molecule has 17 atom stereocenters. The van der Waals surface area contributed by atoms with Gasteiger partial charge in [0.15, 0.2) is 18.9 Å². The minimum absolute atomic E-state index is 0.227. The van der Waals surface area contributed by atoms with E-state index >= 15 is 0 Å². The van der Waals surface area contributed by atoms with Gasteiger partial charge in [-0.3, -0.25) is 4.79 Å². The van der Waals surface area contributed by atoms with E-state index < -0.39 is 124 Å². The van der Waals surface area contributed by atoms with Crippen LogP contribution in [0.3, 0.4) is 0 Å². The summed E-state index contributed by atoms with van der Waals surface area (Å²) < 4.78 is 34.5. The van der Waals surface area contributed by atoms with Crippen molar-refractivity contribution in [3.05, 3.63) is 109 Å². The van der Waals surface area contributed by atoms with Gasteiger partial charge in [-0.15, -0.1) is 0 Å². The molecule has 0 aromatic carbocycles. The fourth-order valence-corrected chi connectivity index (χ4v) is 14.2. The van der Waals surface area contributed by atoms with Gasteiger partial charge in [-0.2, -0.15) is 0 Å². The predicted octanol–water partition coefficient (Wildman–Crippen LogP) is 16.1. The van der Waals surface area contributed by atoms with Crippen molar-refractivity contribution in [2.75, 3.05) is 26.4 Å². The van der Waals surface area contributed by atoms with Gasteiger partial charge in [0.1, 0.15) is 73.2 Å². The minimum Gasteiger partial charge on any atom is -0.394 e. The second-order valence-corrected chi connectivity index (χ2v) is 30.6. The van der Waals surface area contributed by atoms with Crippen LogP contribution in [-0.4, -0.2) is 193 Å². The van der Waals surface area contributed by atoms with Gasteiger partial charge in [0.2, 0.25) is 5.91 Å². The molecule has 630 valence electrons. The molecule has 0 saturated carbocycles. The average Bonchev–Trinajstić information content (AvgIpc) is 0.782. The van der Waals surface area contributed by atoms with Crippen molar-refractivity contribution in [2.45, 2.75) is 426 Å². The molecule has 0 radical (unpaired) electrons. The number of hydrogen-bond acceptors (Lipinski definition) is 18. The molecule has 0 aromatic heterocycles. The molecular formula is C90H157NO18. The first kappa shape index (κ1) is 99.6. The first-order valence-corrected chi connectivity index (χ1v) is 43.6. The fraction of sp³-hybridized carbons (Fsp3) is 0.789. The van der Waals surface area contributed by atoms with E-state index in [4.69, 9.17) is 28.4 Å². The molecule has 3 aliphatic heterocycles. The highest BCUT2D eigenvalue weighted by Gasteiger charge is 2.54. The molecule has 0 aliphatic carbocycles. The Balaban J connectivity index is 1.36. The van der Waals surface area contributed by atoms with E-state index in [9.17, 15) is 61.0 Å². The number of hydrogen-bond donors (Lipinski definition) is 12. The highest BCUT2D eigenvalue weighted by atomic mass is 16.8. The van der Waals surface area contributed by atoms with Crippen LogP contribution in [0.1, 0.15) is 322 Å². The smallest absolute Gasteiger partial charge is 0.220 e. The maximum atomic E-state index is 13.5. The second kappa shape index (κ2) is 68.8. The van der Waals surface area contributed by atoms with Crippen molar-refractivity contribution >= 4 is 5.91 Å². The summed E-state index contributed by atoms with van der Waals surface area (Å²) >= 11 is 0. The lowest BCUT2D eigenvalue weighted by atomic mass is 9.96.